The Labute approximate surface area is 148 Å². The summed E-state index contributed by atoms with van der Waals surface area (Å²) in [4.78, 5) is 44.2. The van der Waals surface area contributed by atoms with E-state index in [1.54, 1.807) is 33.1 Å². The monoisotopic (exact) mass is 368 g/mol. The fraction of sp³-hybridized carbons (Fsp3) is 0.600. The van der Waals surface area contributed by atoms with Gasteiger partial charge in [-0.05, 0) is 12.8 Å². The molecule has 130 valence electrons. The third kappa shape index (κ3) is 3.72. The summed E-state index contributed by atoms with van der Waals surface area (Å²) in [5.41, 5.74) is 0. The summed E-state index contributed by atoms with van der Waals surface area (Å²) in [5, 5.41) is 5.20. The van der Waals surface area contributed by atoms with Crippen LogP contribution in [0.2, 0.25) is 0 Å². The molecule has 0 radical (unpaired) electrons. The van der Waals surface area contributed by atoms with E-state index in [4.69, 9.17) is 0 Å². The molecule has 2 aliphatic heterocycles. The maximum absolute atomic E-state index is 12.8. The van der Waals surface area contributed by atoms with Crippen molar-refractivity contribution in [3.05, 3.63) is 11.6 Å². The first-order valence-electron chi connectivity index (χ1n) is 7.90. The molecule has 3 amide bonds. The number of thiazole rings is 1. The second-order valence-corrected chi connectivity index (χ2v) is 7.85. The third-order valence-corrected chi connectivity index (χ3v) is 6.04. The van der Waals surface area contributed by atoms with Crippen molar-refractivity contribution < 1.29 is 14.4 Å². The zero-order valence-electron chi connectivity index (χ0n) is 13.4. The van der Waals surface area contributed by atoms with E-state index in [1.165, 1.54) is 18.3 Å². The number of rotatable bonds is 3. The number of carbonyl (C=O) groups excluding carboxylic acids is 3. The standard InChI is InChI=1S/C15H20N4O3S2/c1-10(20)19-9-23-8-12(19)14(22)18-5-2-3-11(7-18)13(21)17-15-16-4-6-24-15/h4,6,11-12H,2-3,5,7-9H2,1H3,(H,16,17,21)/t11?,12-/m1/s1. The van der Waals surface area contributed by atoms with Crippen molar-refractivity contribution in [2.45, 2.75) is 25.8 Å². The fourth-order valence-electron chi connectivity index (χ4n) is 3.05. The maximum Gasteiger partial charge on any atom is 0.246 e. The van der Waals surface area contributed by atoms with Gasteiger partial charge < -0.3 is 15.1 Å². The Kier molecular flexibility index (Phi) is 5.40. The molecular formula is C15H20N4O3S2. The van der Waals surface area contributed by atoms with Crippen LogP contribution >= 0.6 is 23.1 Å². The van der Waals surface area contributed by atoms with Crippen LogP contribution in [0.25, 0.3) is 0 Å². The van der Waals surface area contributed by atoms with E-state index in [9.17, 15) is 14.4 Å². The molecule has 1 N–H and O–H groups in total. The minimum absolute atomic E-state index is 0.0399. The van der Waals surface area contributed by atoms with Gasteiger partial charge in [0, 0.05) is 37.3 Å². The van der Waals surface area contributed by atoms with Crippen LogP contribution in [0.5, 0.6) is 0 Å². The Balaban J connectivity index is 1.61. The largest absolute Gasteiger partial charge is 0.340 e. The predicted molar refractivity (Wildman–Crippen MR) is 93.7 cm³/mol. The lowest BCUT2D eigenvalue weighted by atomic mass is 9.96. The van der Waals surface area contributed by atoms with Crippen LogP contribution in [0, 0.1) is 5.92 Å². The zero-order valence-corrected chi connectivity index (χ0v) is 15.1. The first-order chi connectivity index (χ1) is 11.6. The Morgan fingerprint density at radius 1 is 1.38 bits per heavy atom. The van der Waals surface area contributed by atoms with Crippen LogP contribution in [0.3, 0.4) is 0 Å². The Morgan fingerprint density at radius 2 is 2.21 bits per heavy atom. The molecule has 3 rings (SSSR count). The van der Waals surface area contributed by atoms with Gasteiger partial charge in [-0.25, -0.2) is 4.98 Å². The van der Waals surface area contributed by atoms with Crippen molar-refractivity contribution in [1.82, 2.24) is 14.8 Å². The number of carbonyl (C=O) groups is 3. The van der Waals surface area contributed by atoms with E-state index in [-0.39, 0.29) is 23.6 Å². The van der Waals surface area contributed by atoms with Crippen LogP contribution in [0.1, 0.15) is 19.8 Å². The van der Waals surface area contributed by atoms with E-state index in [2.05, 4.69) is 10.3 Å². The normalized spacial score (nSPS) is 24.0. The lowest BCUT2D eigenvalue weighted by Crippen LogP contribution is -2.52. The highest BCUT2D eigenvalue weighted by Gasteiger charge is 2.38. The van der Waals surface area contributed by atoms with Gasteiger partial charge in [-0.15, -0.1) is 23.1 Å². The lowest BCUT2D eigenvalue weighted by molar-refractivity contribution is -0.144. The van der Waals surface area contributed by atoms with Crippen molar-refractivity contribution in [2.75, 3.05) is 30.0 Å². The molecule has 0 bridgehead atoms. The Hall–Kier alpha value is -1.61. The van der Waals surface area contributed by atoms with Gasteiger partial charge >= 0.3 is 0 Å². The van der Waals surface area contributed by atoms with Gasteiger partial charge in [-0.2, -0.15) is 0 Å². The van der Waals surface area contributed by atoms with Crippen molar-refractivity contribution in [3.8, 4) is 0 Å². The summed E-state index contributed by atoms with van der Waals surface area (Å²) >= 11 is 2.97. The van der Waals surface area contributed by atoms with Gasteiger partial charge in [0.15, 0.2) is 5.13 Å². The average Bonchev–Trinajstić information content (AvgIpc) is 3.25. The Bertz CT molecular complexity index is 622. The molecule has 7 nitrogen and oxygen atoms in total. The SMILES string of the molecule is CC(=O)N1CSC[C@@H]1C(=O)N1CCCC(C(=O)Nc2nccs2)C1. The van der Waals surface area contributed by atoms with Gasteiger partial charge in [-0.1, -0.05) is 0 Å². The van der Waals surface area contributed by atoms with E-state index in [1.807, 2.05) is 0 Å². The average molecular weight is 368 g/mol. The molecule has 1 aromatic rings. The molecule has 3 heterocycles. The molecule has 24 heavy (non-hydrogen) atoms. The second-order valence-electron chi connectivity index (χ2n) is 5.95. The summed E-state index contributed by atoms with van der Waals surface area (Å²) in [6.07, 6.45) is 3.20. The highest BCUT2D eigenvalue weighted by atomic mass is 32.2. The summed E-state index contributed by atoms with van der Waals surface area (Å²) in [5.74, 6) is 0.756. The molecule has 0 saturated carbocycles. The van der Waals surface area contributed by atoms with Crippen LogP contribution in [0.4, 0.5) is 5.13 Å². The number of likely N-dealkylation sites (tertiary alicyclic amines) is 1. The van der Waals surface area contributed by atoms with E-state index in [0.717, 1.165) is 12.8 Å². The molecule has 2 atom stereocenters. The summed E-state index contributed by atoms with van der Waals surface area (Å²) in [6, 6.07) is -0.395. The van der Waals surface area contributed by atoms with Crippen molar-refractivity contribution in [3.63, 3.8) is 0 Å². The van der Waals surface area contributed by atoms with Crippen molar-refractivity contribution in [2.24, 2.45) is 5.92 Å². The molecule has 0 aliphatic carbocycles. The molecular weight excluding hydrogens is 348 g/mol. The summed E-state index contributed by atoms with van der Waals surface area (Å²) in [6.45, 7) is 2.54. The number of thioether (sulfide) groups is 1. The number of piperidine rings is 1. The quantitative estimate of drug-likeness (QED) is 0.868. The molecule has 2 saturated heterocycles. The maximum atomic E-state index is 12.8. The number of anilines is 1. The number of aromatic nitrogens is 1. The molecule has 1 unspecified atom stereocenters. The van der Waals surface area contributed by atoms with E-state index in [0.29, 0.717) is 29.9 Å². The molecule has 1 aromatic heterocycles. The molecule has 2 aliphatic rings. The number of nitrogens with zero attached hydrogens (tertiary/aromatic N) is 3. The predicted octanol–water partition coefficient (Wildman–Crippen LogP) is 1.24. The number of hydrogen-bond acceptors (Lipinski definition) is 6. The van der Waals surface area contributed by atoms with E-state index < -0.39 is 6.04 Å². The molecule has 0 spiro atoms. The van der Waals surface area contributed by atoms with Crippen LogP contribution in [-0.2, 0) is 14.4 Å². The van der Waals surface area contributed by atoms with Crippen molar-refractivity contribution >= 4 is 46.0 Å². The minimum atomic E-state index is -0.395. The molecule has 2 fully saturated rings. The topological polar surface area (TPSA) is 82.6 Å². The third-order valence-electron chi connectivity index (χ3n) is 4.34. The highest BCUT2D eigenvalue weighted by molar-refractivity contribution is 7.99. The zero-order chi connectivity index (χ0) is 17.1. The molecule has 0 aromatic carbocycles. The molecule has 9 heteroatoms. The second kappa shape index (κ2) is 7.52. The van der Waals surface area contributed by atoms with E-state index >= 15 is 0 Å². The van der Waals surface area contributed by atoms with Gasteiger partial charge in [0.25, 0.3) is 0 Å². The first-order valence-corrected chi connectivity index (χ1v) is 9.94. The smallest absolute Gasteiger partial charge is 0.246 e. The van der Waals surface area contributed by atoms with Crippen LogP contribution in [-0.4, -0.2) is 63.3 Å². The van der Waals surface area contributed by atoms with Gasteiger partial charge in [-0.3, -0.25) is 14.4 Å². The van der Waals surface area contributed by atoms with Crippen LogP contribution in [0.15, 0.2) is 11.6 Å². The number of hydrogen-bond donors (Lipinski definition) is 1. The van der Waals surface area contributed by atoms with Gasteiger partial charge in [0.1, 0.15) is 6.04 Å². The number of amides is 3. The van der Waals surface area contributed by atoms with Gasteiger partial charge in [0.05, 0.1) is 11.8 Å². The van der Waals surface area contributed by atoms with Crippen molar-refractivity contribution in [1.29, 1.82) is 0 Å². The summed E-state index contributed by atoms with van der Waals surface area (Å²) < 4.78 is 0. The number of nitrogens with one attached hydrogen (secondary N) is 1. The fourth-order valence-corrected chi connectivity index (χ4v) is 4.79. The van der Waals surface area contributed by atoms with Crippen LogP contribution < -0.4 is 5.32 Å². The van der Waals surface area contributed by atoms with Gasteiger partial charge in [0.2, 0.25) is 17.7 Å². The summed E-state index contributed by atoms with van der Waals surface area (Å²) in [7, 11) is 0. The first kappa shape index (κ1) is 17.2. The minimum Gasteiger partial charge on any atom is -0.340 e. The highest BCUT2D eigenvalue weighted by Crippen LogP contribution is 2.25. The lowest BCUT2D eigenvalue weighted by Gasteiger charge is -2.35. The Morgan fingerprint density at radius 3 is 2.92 bits per heavy atom.